The molecule has 0 unspecified atom stereocenters. The molecule has 0 spiro atoms. The highest BCUT2D eigenvalue weighted by Gasteiger charge is 2.46. The lowest BCUT2D eigenvalue weighted by atomic mass is 10.0. The number of benzene rings is 1. The molecule has 0 saturated heterocycles. The van der Waals surface area contributed by atoms with E-state index in [1.807, 2.05) is 29.2 Å². The first-order chi connectivity index (χ1) is 9.10. The van der Waals surface area contributed by atoms with Gasteiger partial charge in [-0.25, -0.2) is 0 Å². The van der Waals surface area contributed by atoms with E-state index in [2.05, 4.69) is 0 Å². The van der Waals surface area contributed by atoms with Crippen molar-refractivity contribution in [1.82, 2.24) is 0 Å². The molecule has 19 heavy (non-hydrogen) atoms. The van der Waals surface area contributed by atoms with Crippen molar-refractivity contribution in [2.24, 2.45) is 11.1 Å². The van der Waals surface area contributed by atoms with Crippen molar-refractivity contribution in [2.75, 3.05) is 18.1 Å². The van der Waals surface area contributed by atoms with E-state index in [0.717, 1.165) is 30.7 Å². The second-order valence-electron chi connectivity index (χ2n) is 5.38. The number of carbonyl (C=O) groups excluding carboxylic acids is 1. The van der Waals surface area contributed by atoms with Gasteiger partial charge < -0.3 is 15.4 Å². The monoisotopic (exact) mass is 276 g/mol. The van der Waals surface area contributed by atoms with Crippen molar-refractivity contribution in [3.63, 3.8) is 0 Å². The Balaban J connectivity index is 1.84. The number of fused-ring (bicyclic) bond motifs is 1. The van der Waals surface area contributed by atoms with E-state index in [9.17, 15) is 4.79 Å². The first-order valence-corrected chi connectivity index (χ1v) is 6.81. The van der Waals surface area contributed by atoms with E-state index in [4.69, 9.17) is 22.7 Å². The van der Waals surface area contributed by atoms with Crippen LogP contribution in [0, 0.1) is 5.41 Å². The minimum Gasteiger partial charge on any atom is -0.482 e. The molecule has 1 aromatic carbocycles. The normalized spacial score (nSPS) is 19.6. The Morgan fingerprint density at radius 2 is 2.16 bits per heavy atom. The van der Waals surface area contributed by atoms with Gasteiger partial charge in [-0.3, -0.25) is 4.79 Å². The molecule has 1 aromatic rings. The number of para-hydroxylation sites is 2. The van der Waals surface area contributed by atoms with E-state index < -0.39 is 0 Å². The van der Waals surface area contributed by atoms with Crippen LogP contribution < -0.4 is 15.4 Å². The maximum Gasteiger partial charge on any atom is 0.265 e. The van der Waals surface area contributed by atoms with Crippen molar-refractivity contribution in [1.29, 1.82) is 0 Å². The zero-order valence-corrected chi connectivity index (χ0v) is 11.4. The lowest BCUT2D eigenvalue weighted by Gasteiger charge is -2.32. The molecule has 1 fully saturated rings. The van der Waals surface area contributed by atoms with Gasteiger partial charge in [0.2, 0.25) is 0 Å². The third-order valence-electron chi connectivity index (χ3n) is 3.81. The smallest absolute Gasteiger partial charge is 0.265 e. The Hall–Kier alpha value is -1.62. The Morgan fingerprint density at radius 3 is 2.84 bits per heavy atom. The summed E-state index contributed by atoms with van der Waals surface area (Å²) in [7, 11) is 0. The van der Waals surface area contributed by atoms with E-state index in [0.29, 0.717) is 11.5 Å². The highest BCUT2D eigenvalue weighted by Crippen LogP contribution is 2.50. The molecule has 1 aliphatic carbocycles. The summed E-state index contributed by atoms with van der Waals surface area (Å²) < 4.78 is 5.44. The van der Waals surface area contributed by atoms with E-state index in [1.54, 1.807) is 0 Å². The molecule has 1 heterocycles. The van der Waals surface area contributed by atoms with Gasteiger partial charge in [0.1, 0.15) is 5.75 Å². The van der Waals surface area contributed by atoms with Gasteiger partial charge in [-0.2, -0.15) is 0 Å². The third kappa shape index (κ3) is 2.42. The highest BCUT2D eigenvalue weighted by molar-refractivity contribution is 7.80. The molecule has 0 aromatic heterocycles. The van der Waals surface area contributed by atoms with Gasteiger partial charge in [-0.05, 0) is 30.4 Å². The van der Waals surface area contributed by atoms with Gasteiger partial charge in [0.15, 0.2) is 6.61 Å². The van der Waals surface area contributed by atoms with Crippen molar-refractivity contribution in [3.8, 4) is 5.75 Å². The number of ether oxygens (including phenoxy) is 1. The fraction of sp³-hybridized carbons (Fsp3) is 0.429. The van der Waals surface area contributed by atoms with Gasteiger partial charge in [-0.1, -0.05) is 24.4 Å². The molecule has 1 saturated carbocycles. The highest BCUT2D eigenvalue weighted by atomic mass is 32.1. The molecule has 100 valence electrons. The number of nitrogens with zero attached hydrogens (tertiary/aromatic N) is 1. The molecular formula is C14H16N2O2S. The van der Waals surface area contributed by atoms with Crippen LogP contribution in [0.1, 0.15) is 19.3 Å². The molecule has 1 amide bonds. The number of thiocarbonyl (C=S) groups is 1. The number of carbonyl (C=O) groups is 1. The Bertz CT molecular complexity index is 540. The Kier molecular flexibility index (Phi) is 2.93. The summed E-state index contributed by atoms with van der Waals surface area (Å²) in [5, 5.41) is 0. The first kappa shape index (κ1) is 12.4. The molecule has 2 N–H and O–H groups in total. The van der Waals surface area contributed by atoms with Gasteiger partial charge in [0.25, 0.3) is 5.91 Å². The molecule has 2 aliphatic rings. The number of hydrogen-bond acceptors (Lipinski definition) is 3. The fourth-order valence-corrected chi connectivity index (χ4v) is 2.91. The molecule has 3 rings (SSSR count). The SMILES string of the molecule is NC(=S)CC1(CN2C(=O)COc3ccccc32)CC1. The van der Waals surface area contributed by atoms with Crippen LogP contribution in [-0.2, 0) is 4.79 Å². The quantitative estimate of drug-likeness (QED) is 0.853. The molecular weight excluding hydrogens is 260 g/mol. The second-order valence-corrected chi connectivity index (χ2v) is 5.90. The topological polar surface area (TPSA) is 55.6 Å². The van der Waals surface area contributed by atoms with Gasteiger partial charge in [0.05, 0.1) is 10.7 Å². The largest absolute Gasteiger partial charge is 0.482 e. The fourth-order valence-electron chi connectivity index (χ4n) is 2.60. The van der Waals surface area contributed by atoms with Crippen LogP contribution in [0.2, 0.25) is 0 Å². The second kappa shape index (κ2) is 4.49. The number of nitrogens with two attached hydrogens (primary N) is 1. The molecule has 0 radical (unpaired) electrons. The minimum atomic E-state index is 0.00733. The van der Waals surface area contributed by atoms with Crippen LogP contribution in [0.4, 0.5) is 5.69 Å². The van der Waals surface area contributed by atoms with Crippen molar-refractivity contribution >= 4 is 28.8 Å². The lowest BCUT2D eigenvalue weighted by molar-refractivity contribution is -0.121. The summed E-state index contributed by atoms with van der Waals surface area (Å²) in [5.41, 5.74) is 6.60. The lowest BCUT2D eigenvalue weighted by Crippen LogP contribution is -2.42. The molecule has 4 nitrogen and oxygen atoms in total. The van der Waals surface area contributed by atoms with Crippen LogP contribution in [-0.4, -0.2) is 24.0 Å². The summed E-state index contributed by atoms with van der Waals surface area (Å²) in [6, 6.07) is 7.64. The average molecular weight is 276 g/mol. The van der Waals surface area contributed by atoms with E-state index in [1.165, 1.54) is 0 Å². The van der Waals surface area contributed by atoms with Crippen LogP contribution in [0.5, 0.6) is 5.75 Å². The standard InChI is InChI=1S/C14H16N2O2S/c15-12(19)7-14(5-6-14)9-16-10-3-1-2-4-11(10)18-8-13(16)17/h1-4H,5-9H2,(H2,15,19). The number of hydrogen-bond donors (Lipinski definition) is 1. The number of amides is 1. The van der Waals surface area contributed by atoms with Crippen LogP contribution >= 0.6 is 12.2 Å². The zero-order chi connectivity index (χ0) is 13.5. The minimum absolute atomic E-state index is 0.00733. The summed E-state index contributed by atoms with van der Waals surface area (Å²) in [6.07, 6.45) is 2.88. The predicted octanol–water partition coefficient (Wildman–Crippen LogP) is 1.87. The first-order valence-electron chi connectivity index (χ1n) is 6.40. The van der Waals surface area contributed by atoms with E-state index >= 15 is 0 Å². The Labute approximate surface area is 117 Å². The van der Waals surface area contributed by atoms with Crippen molar-refractivity contribution in [3.05, 3.63) is 24.3 Å². The van der Waals surface area contributed by atoms with Gasteiger partial charge in [0, 0.05) is 13.0 Å². The zero-order valence-electron chi connectivity index (χ0n) is 10.6. The maximum absolute atomic E-state index is 12.1. The Morgan fingerprint density at radius 1 is 1.42 bits per heavy atom. The third-order valence-corrected chi connectivity index (χ3v) is 3.95. The van der Waals surface area contributed by atoms with Crippen LogP contribution in [0.3, 0.4) is 0 Å². The van der Waals surface area contributed by atoms with Crippen molar-refractivity contribution < 1.29 is 9.53 Å². The van der Waals surface area contributed by atoms with Crippen molar-refractivity contribution in [2.45, 2.75) is 19.3 Å². The average Bonchev–Trinajstić information content (AvgIpc) is 3.12. The van der Waals surface area contributed by atoms with Crippen LogP contribution in [0.15, 0.2) is 24.3 Å². The molecule has 0 bridgehead atoms. The number of anilines is 1. The maximum atomic E-state index is 12.1. The van der Waals surface area contributed by atoms with Gasteiger partial charge >= 0.3 is 0 Å². The predicted molar refractivity (Wildman–Crippen MR) is 77.4 cm³/mol. The number of rotatable bonds is 4. The molecule has 5 heteroatoms. The summed E-state index contributed by atoms with van der Waals surface area (Å²) in [4.78, 5) is 14.4. The van der Waals surface area contributed by atoms with Crippen LogP contribution in [0.25, 0.3) is 0 Å². The summed E-state index contributed by atoms with van der Waals surface area (Å²) >= 11 is 5.01. The van der Waals surface area contributed by atoms with Gasteiger partial charge in [-0.15, -0.1) is 0 Å². The summed E-state index contributed by atoms with van der Waals surface area (Å²) in [6.45, 7) is 0.795. The van der Waals surface area contributed by atoms with E-state index in [-0.39, 0.29) is 17.9 Å². The molecule has 0 atom stereocenters. The molecule has 1 aliphatic heterocycles. The summed E-state index contributed by atoms with van der Waals surface area (Å²) in [5.74, 6) is 0.779.